The Morgan fingerprint density at radius 3 is 3.29 bits per heavy atom. The molecule has 0 amide bonds. The molecule has 0 radical (unpaired) electrons. The third kappa shape index (κ3) is 4.33. The van der Waals surface area contributed by atoms with Gasteiger partial charge in [-0.3, -0.25) is 4.90 Å². The maximum atomic E-state index is 5.37. The van der Waals surface area contributed by atoms with E-state index in [-0.39, 0.29) is 0 Å². The second-order valence-electron chi connectivity index (χ2n) is 4.31. The van der Waals surface area contributed by atoms with Crippen LogP contribution >= 0.6 is 11.8 Å². The molecule has 1 aliphatic rings. The fourth-order valence-corrected chi connectivity index (χ4v) is 2.87. The number of hydrogen-bond donors (Lipinski definition) is 1. The number of nitrogens with one attached hydrogen (secondary N) is 1. The van der Waals surface area contributed by atoms with Crippen molar-refractivity contribution >= 4 is 11.8 Å². The van der Waals surface area contributed by atoms with E-state index >= 15 is 0 Å². The van der Waals surface area contributed by atoms with Gasteiger partial charge in [0.1, 0.15) is 0 Å². The van der Waals surface area contributed by atoms with E-state index in [1.807, 2.05) is 11.8 Å². The summed E-state index contributed by atoms with van der Waals surface area (Å²) in [6, 6.07) is 2.07. The van der Waals surface area contributed by atoms with E-state index in [0.29, 0.717) is 0 Å². The molecule has 0 saturated carbocycles. The van der Waals surface area contributed by atoms with Gasteiger partial charge in [-0.1, -0.05) is 12.1 Å². The van der Waals surface area contributed by atoms with Crippen LogP contribution in [0.4, 0.5) is 0 Å². The van der Waals surface area contributed by atoms with E-state index in [2.05, 4.69) is 28.4 Å². The lowest BCUT2D eigenvalue weighted by Gasteiger charge is -2.16. The van der Waals surface area contributed by atoms with E-state index < -0.39 is 0 Å². The van der Waals surface area contributed by atoms with Crippen LogP contribution in [0.2, 0.25) is 0 Å². The van der Waals surface area contributed by atoms with Crippen LogP contribution in [0.5, 0.6) is 0 Å². The van der Waals surface area contributed by atoms with Crippen molar-refractivity contribution in [2.75, 3.05) is 31.1 Å². The van der Waals surface area contributed by atoms with Crippen molar-refractivity contribution in [2.24, 2.45) is 0 Å². The third-order valence-corrected chi connectivity index (χ3v) is 3.91. The molecule has 0 bridgehead atoms. The van der Waals surface area contributed by atoms with E-state index in [1.54, 1.807) is 0 Å². The third-order valence-electron chi connectivity index (χ3n) is 2.86. The molecule has 17 heavy (non-hydrogen) atoms. The zero-order chi connectivity index (χ0) is 11.9. The van der Waals surface area contributed by atoms with Crippen molar-refractivity contribution in [3.63, 3.8) is 0 Å². The van der Waals surface area contributed by atoms with E-state index in [9.17, 15) is 0 Å². The fraction of sp³-hybridized carbons (Fsp3) is 0.750. The molecule has 1 N–H and O–H groups in total. The molecule has 1 aromatic rings. The zero-order valence-electron chi connectivity index (χ0n) is 10.4. The van der Waals surface area contributed by atoms with Gasteiger partial charge in [-0.25, -0.2) is 0 Å². The molecule has 2 heterocycles. The highest BCUT2D eigenvalue weighted by atomic mass is 32.2. The molecular formula is C12H21N3OS. The lowest BCUT2D eigenvalue weighted by molar-refractivity contribution is 0.245. The van der Waals surface area contributed by atoms with Crippen LogP contribution in [-0.2, 0) is 13.1 Å². The van der Waals surface area contributed by atoms with Crippen LogP contribution in [0.1, 0.15) is 24.8 Å². The molecule has 4 nitrogen and oxygen atoms in total. The van der Waals surface area contributed by atoms with Crippen molar-refractivity contribution in [3.8, 4) is 0 Å². The second kappa shape index (κ2) is 7.03. The smallest absolute Gasteiger partial charge is 0.151 e. The summed E-state index contributed by atoms with van der Waals surface area (Å²) in [5.74, 6) is 3.52. The van der Waals surface area contributed by atoms with Crippen molar-refractivity contribution in [1.29, 1.82) is 0 Å². The van der Waals surface area contributed by atoms with Gasteiger partial charge in [0.25, 0.3) is 0 Å². The Labute approximate surface area is 107 Å². The van der Waals surface area contributed by atoms with Gasteiger partial charge in [-0.05, 0) is 25.3 Å². The van der Waals surface area contributed by atoms with Crippen molar-refractivity contribution in [3.05, 3.63) is 17.5 Å². The summed E-state index contributed by atoms with van der Waals surface area (Å²) in [7, 11) is 0. The van der Waals surface area contributed by atoms with Gasteiger partial charge >= 0.3 is 0 Å². The molecule has 2 rings (SSSR count). The minimum absolute atomic E-state index is 0.801. The molecule has 0 aliphatic carbocycles. The molecule has 0 aromatic carbocycles. The Morgan fingerprint density at radius 1 is 1.47 bits per heavy atom. The Hall–Kier alpha value is -0.520. The number of nitrogens with zero attached hydrogens (tertiary/aromatic N) is 2. The van der Waals surface area contributed by atoms with Crippen LogP contribution in [0.25, 0.3) is 0 Å². The summed E-state index contributed by atoms with van der Waals surface area (Å²) in [4.78, 5) is 2.46. The SMILES string of the molecule is CCNCc1cc(CN2CCCSCC2)on1. The topological polar surface area (TPSA) is 41.3 Å². The lowest BCUT2D eigenvalue weighted by atomic mass is 10.3. The molecule has 1 aliphatic heterocycles. The summed E-state index contributed by atoms with van der Waals surface area (Å²) in [6.45, 7) is 7.10. The first kappa shape index (κ1) is 12.9. The standard InChI is InChI=1S/C12H21N3OS/c1-2-13-9-11-8-12(16-14-11)10-15-4-3-6-17-7-5-15/h8,13H,2-7,9-10H2,1H3. The number of hydrogen-bond acceptors (Lipinski definition) is 5. The van der Waals surface area contributed by atoms with Crippen molar-refractivity contribution < 1.29 is 4.52 Å². The largest absolute Gasteiger partial charge is 0.360 e. The summed E-state index contributed by atoms with van der Waals surface area (Å²) >= 11 is 2.05. The van der Waals surface area contributed by atoms with Gasteiger partial charge in [0, 0.05) is 24.9 Å². The Balaban J connectivity index is 1.82. The fourth-order valence-electron chi connectivity index (χ4n) is 1.94. The highest BCUT2D eigenvalue weighted by Crippen LogP contribution is 2.13. The normalized spacial score (nSPS) is 18.2. The van der Waals surface area contributed by atoms with Gasteiger partial charge in [0.2, 0.25) is 0 Å². The molecule has 1 fully saturated rings. The predicted octanol–water partition coefficient (Wildman–Crippen LogP) is 1.72. The average molecular weight is 255 g/mol. The van der Waals surface area contributed by atoms with Crippen LogP contribution < -0.4 is 5.32 Å². The molecule has 0 atom stereocenters. The van der Waals surface area contributed by atoms with Crippen LogP contribution in [-0.4, -0.2) is 41.2 Å². The number of aromatic nitrogens is 1. The highest BCUT2D eigenvalue weighted by Gasteiger charge is 2.12. The van der Waals surface area contributed by atoms with Gasteiger partial charge in [0.05, 0.1) is 12.2 Å². The van der Waals surface area contributed by atoms with Crippen LogP contribution in [0, 0.1) is 0 Å². The minimum atomic E-state index is 0.801. The van der Waals surface area contributed by atoms with Gasteiger partial charge in [0.15, 0.2) is 5.76 Å². The van der Waals surface area contributed by atoms with Crippen LogP contribution in [0.15, 0.2) is 10.6 Å². The maximum Gasteiger partial charge on any atom is 0.151 e. The first-order valence-corrected chi connectivity index (χ1v) is 7.49. The molecule has 5 heteroatoms. The van der Waals surface area contributed by atoms with Crippen LogP contribution in [0.3, 0.4) is 0 Å². The summed E-state index contributed by atoms with van der Waals surface area (Å²) in [5.41, 5.74) is 1.01. The number of rotatable bonds is 5. The number of thioether (sulfide) groups is 1. The summed E-state index contributed by atoms with van der Waals surface area (Å²) in [5, 5.41) is 7.33. The van der Waals surface area contributed by atoms with Gasteiger partial charge < -0.3 is 9.84 Å². The van der Waals surface area contributed by atoms with Gasteiger partial charge in [-0.2, -0.15) is 11.8 Å². The average Bonchev–Trinajstić information content (AvgIpc) is 2.61. The molecule has 1 aromatic heterocycles. The lowest BCUT2D eigenvalue weighted by Crippen LogP contribution is -2.25. The zero-order valence-corrected chi connectivity index (χ0v) is 11.3. The molecular weight excluding hydrogens is 234 g/mol. The highest BCUT2D eigenvalue weighted by molar-refractivity contribution is 7.99. The maximum absolute atomic E-state index is 5.37. The molecule has 0 unspecified atom stereocenters. The minimum Gasteiger partial charge on any atom is -0.360 e. The first-order valence-electron chi connectivity index (χ1n) is 6.34. The van der Waals surface area contributed by atoms with E-state index in [0.717, 1.165) is 37.6 Å². The molecule has 1 saturated heterocycles. The first-order chi connectivity index (χ1) is 8.38. The van der Waals surface area contributed by atoms with Gasteiger partial charge in [-0.15, -0.1) is 0 Å². The Morgan fingerprint density at radius 2 is 2.41 bits per heavy atom. The quantitative estimate of drug-likeness (QED) is 0.867. The predicted molar refractivity (Wildman–Crippen MR) is 71.1 cm³/mol. The molecule has 0 spiro atoms. The van der Waals surface area contributed by atoms with Crippen molar-refractivity contribution in [2.45, 2.75) is 26.4 Å². The Bertz CT molecular complexity index is 321. The van der Waals surface area contributed by atoms with Crippen molar-refractivity contribution in [1.82, 2.24) is 15.4 Å². The second-order valence-corrected chi connectivity index (χ2v) is 5.53. The Kier molecular flexibility index (Phi) is 5.35. The summed E-state index contributed by atoms with van der Waals surface area (Å²) < 4.78 is 5.37. The van der Waals surface area contributed by atoms with E-state index in [4.69, 9.17) is 4.52 Å². The molecule has 96 valence electrons. The monoisotopic (exact) mass is 255 g/mol. The summed E-state index contributed by atoms with van der Waals surface area (Å²) in [6.07, 6.45) is 1.28. The van der Waals surface area contributed by atoms with E-state index in [1.165, 1.54) is 24.5 Å².